The Labute approximate surface area is 361 Å². The van der Waals surface area contributed by atoms with Gasteiger partial charge < -0.3 is 9.13 Å². The fourth-order valence-corrected chi connectivity index (χ4v) is 10.1. The first-order valence-electron chi connectivity index (χ1n) is 21.7. The van der Waals surface area contributed by atoms with Crippen molar-refractivity contribution in [2.45, 2.75) is 26.2 Å². The number of para-hydroxylation sites is 2. The predicted octanol–water partition coefficient (Wildman–Crippen LogP) is 16.5. The largest absolute Gasteiger partial charge is 0.309 e. The molecule has 0 N–H and O–H groups in total. The van der Waals surface area contributed by atoms with Crippen molar-refractivity contribution in [1.29, 1.82) is 0 Å². The van der Waals surface area contributed by atoms with Gasteiger partial charge >= 0.3 is 0 Å². The molecule has 12 aromatic rings. The van der Waals surface area contributed by atoms with E-state index in [9.17, 15) is 0 Å². The standard InChI is InChI=1S/C60H44N2/c1-60(2,3)43-30-35-57-53(38-43)52-37-42(41-28-33-55-51(36-41)46-20-14-15-25-54(46)61(55)44-18-8-5-9-19-44)29-34-56(52)62(57)45-31-26-40(27-32-45)59-49-23-12-10-21-47(49)58(39-16-6-4-7-17-39)48-22-11-13-24-50(48)59/h4-38H,1-3H3. The van der Waals surface area contributed by atoms with Crippen molar-refractivity contribution in [2.24, 2.45) is 0 Å². The third-order valence-electron chi connectivity index (χ3n) is 13.1. The highest BCUT2D eigenvalue weighted by Crippen LogP contribution is 2.45. The van der Waals surface area contributed by atoms with Gasteiger partial charge in [-0.2, -0.15) is 0 Å². The summed E-state index contributed by atoms with van der Waals surface area (Å²) in [5.41, 5.74) is 15.9. The maximum Gasteiger partial charge on any atom is 0.0541 e. The molecule has 0 unspecified atom stereocenters. The number of nitrogens with zero attached hydrogens (tertiary/aromatic N) is 2. The zero-order valence-corrected chi connectivity index (χ0v) is 35.1. The minimum Gasteiger partial charge on any atom is -0.309 e. The van der Waals surface area contributed by atoms with E-state index in [2.05, 4.69) is 242 Å². The van der Waals surface area contributed by atoms with E-state index in [0.717, 1.165) is 5.69 Å². The molecule has 0 saturated heterocycles. The molecule has 2 heterocycles. The summed E-state index contributed by atoms with van der Waals surface area (Å²) in [6.45, 7) is 6.91. The van der Waals surface area contributed by atoms with Crippen molar-refractivity contribution in [3.63, 3.8) is 0 Å². The number of rotatable bonds is 5. The lowest BCUT2D eigenvalue weighted by molar-refractivity contribution is 0.591. The molecule has 0 aliphatic carbocycles. The van der Waals surface area contributed by atoms with Crippen LogP contribution in [0, 0.1) is 0 Å². The SMILES string of the molecule is CC(C)(C)c1ccc2c(c1)c1cc(-c3ccc4c(c3)c3ccccc3n4-c3ccccc3)ccc1n2-c1ccc(-c2c3ccccc3c(-c3ccccc3)c3ccccc23)cc1. The fraction of sp³-hybridized carbons (Fsp3) is 0.0667. The van der Waals surface area contributed by atoms with Gasteiger partial charge in [0.1, 0.15) is 0 Å². The smallest absolute Gasteiger partial charge is 0.0541 e. The molecule has 2 aromatic heterocycles. The molecule has 12 rings (SSSR count). The normalized spacial score (nSPS) is 12.1. The highest BCUT2D eigenvalue weighted by Gasteiger charge is 2.21. The Morgan fingerprint density at radius 1 is 0.274 bits per heavy atom. The van der Waals surface area contributed by atoms with Crippen molar-refractivity contribution in [3.8, 4) is 44.8 Å². The average Bonchev–Trinajstić information content (AvgIpc) is 3.83. The van der Waals surface area contributed by atoms with Crippen molar-refractivity contribution in [1.82, 2.24) is 9.13 Å². The summed E-state index contributed by atoms with van der Waals surface area (Å²) in [7, 11) is 0. The Bertz CT molecular complexity index is 3640. The summed E-state index contributed by atoms with van der Waals surface area (Å²) in [4.78, 5) is 0. The molecular weight excluding hydrogens is 749 g/mol. The van der Waals surface area contributed by atoms with Crippen LogP contribution < -0.4 is 0 Å². The second kappa shape index (κ2) is 13.9. The van der Waals surface area contributed by atoms with Crippen LogP contribution in [0.4, 0.5) is 0 Å². The molecule has 0 saturated carbocycles. The number of fused-ring (bicyclic) bond motifs is 8. The first-order valence-corrected chi connectivity index (χ1v) is 21.7. The second-order valence-electron chi connectivity index (χ2n) is 17.7. The average molecular weight is 793 g/mol. The maximum atomic E-state index is 2.45. The van der Waals surface area contributed by atoms with E-state index in [-0.39, 0.29) is 5.41 Å². The zero-order chi connectivity index (χ0) is 41.5. The van der Waals surface area contributed by atoms with Gasteiger partial charge in [-0.1, -0.05) is 166 Å². The van der Waals surface area contributed by atoms with Crippen LogP contribution in [-0.2, 0) is 5.41 Å². The van der Waals surface area contributed by atoms with Crippen LogP contribution in [0.15, 0.2) is 212 Å². The van der Waals surface area contributed by atoms with E-state index < -0.39 is 0 Å². The molecule has 0 amide bonds. The van der Waals surface area contributed by atoms with E-state index in [1.54, 1.807) is 0 Å². The summed E-state index contributed by atoms with van der Waals surface area (Å²) in [5.74, 6) is 0. The van der Waals surface area contributed by atoms with Crippen LogP contribution in [0.2, 0.25) is 0 Å². The second-order valence-corrected chi connectivity index (χ2v) is 17.7. The lowest BCUT2D eigenvalue weighted by Gasteiger charge is -2.19. The molecule has 0 aliphatic heterocycles. The molecule has 0 fully saturated rings. The van der Waals surface area contributed by atoms with Gasteiger partial charge in [-0.3, -0.25) is 0 Å². The van der Waals surface area contributed by atoms with Gasteiger partial charge in [0.2, 0.25) is 0 Å². The quantitative estimate of drug-likeness (QED) is 0.154. The number of aromatic nitrogens is 2. The van der Waals surface area contributed by atoms with Crippen LogP contribution in [0.5, 0.6) is 0 Å². The van der Waals surface area contributed by atoms with Crippen molar-refractivity contribution < 1.29 is 0 Å². The number of hydrogen-bond donors (Lipinski definition) is 0. The molecule has 0 atom stereocenters. The minimum absolute atomic E-state index is 0.0154. The third-order valence-corrected chi connectivity index (χ3v) is 13.1. The maximum absolute atomic E-state index is 2.45. The number of benzene rings is 10. The first-order chi connectivity index (χ1) is 30.4. The molecule has 2 nitrogen and oxygen atoms in total. The highest BCUT2D eigenvalue weighted by molar-refractivity contribution is 6.21. The lowest BCUT2D eigenvalue weighted by Crippen LogP contribution is -2.10. The Balaban J connectivity index is 1.02. The van der Waals surface area contributed by atoms with Crippen LogP contribution in [0.25, 0.3) is 110 Å². The van der Waals surface area contributed by atoms with Gasteiger partial charge in [-0.05, 0) is 133 Å². The van der Waals surface area contributed by atoms with Crippen molar-refractivity contribution >= 4 is 65.2 Å². The van der Waals surface area contributed by atoms with Gasteiger partial charge in [0, 0.05) is 32.9 Å². The minimum atomic E-state index is 0.0154. The summed E-state index contributed by atoms with van der Waals surface area (Å²) < 4.78 is 4.84. The van der Waals surface area contributed by atoms with E-state index in [4.69, 9.17) is 0 Å². The van der Waals surface area contributed by atoms with Crippen LogP contribution in [0.3, 0.4) is 0 Å². The van der Waals surface area contributed by atoms with Gasteiger partial charge in [0.25, 0.3) is 0 Å². The predicted molar refractivity (Wildman–Crippen MR) is 265 cm³/mol. The molecule has 0 aliphatic rings. The third kappa shape index (κ3) is 5.64. The summed E-state index contributed by atoms with van der Waals surface area (Å²) in [6, 6.07) is 78.4. The Morgan fingerprint density at radius 3 is 1.18 bits per heavy atom. The Morgan fingerprint density at radius 2 is 0.645 bits per heavy atom. The van der Waals surface area contributed by atoms with Crippen LogP contribution >= 0.6 is 0 Å². The molecule has 0 radical (unpaired) electrons. The Kier molecular flexibility index (Phi) is 8.14. The summed E-state index contributed by atoms with van der Waals surface area (Å²) >= 11 is 0. The Hall–Kier alpha value is -7.68. The van der Waals surface area contributed by atoms with Gasteiger partial charge in [-0.25, -0.2) is 0 Å². The van der Waals surface area contributed by atoms with E-state index >= 15 is 0 Å². The van der Waals surface area contributed by atoms with Crippen LogP contribution in [0.1, 0.15) is 26.3 Å². The highest BCUT2D eigenvalue weighted by atomic mass is 15.0. The lowest BCUT2D eigenvalue weighted by atomic mass is 9.86. The molecule has 294 valence electrons. The molecule has 2 heteroatoms. The first kappa shape index (κ1) is 36.2. The molecule has 0 spiro atoms. The molecule has 0 bridgehead atoms. The van der Waals surface area contributed by atoms with E-state index in [0.29, 0.717) is 0 Å². The van der Waals surface area contributed by atoms with E-state index in [1.807, 2.05) is 0 Å². The topological polar surface area (TPSA) is 9.86 Å². The fourth-order valence-electron chi connectivity index (χ4n) is 10.1. The summed E-state index contributed by atoms with van der Waals surface area (Å²) in [5, 5.41) is 10.1. The van der Waals surface area contributed by atoms with Crippen molar-refractivity contribution in [3.05, 3.63) is 218 Å². The summed E-state index contributed by atoms with van der Waals surface area (Å²) in [6.07, 6.45) is 0. The van der Waals surface area contributed by atoms with E-state index in [1.165, 1.54) is 110 Å². The van der Waals surface area contributed by atoms with Crippen LogP contribution in [-0.4, -0.2) is 9.13 Å². The van der Waals surface area contributed by atoms with Crippen molar-refractivity contribution in [2.75, 3.05) is 0 Å². The molecule has 10 aromatic carbocycles. The monoisotopic (exact) mass is 792 g/mol. The molecule has 62 heavy (non-hydrogen) atoms. The van der Waals surface area contributed by atoms with Gasteiger partial charge in [0.15, 0.2) is 0 Å². The number of hydrogen-bond acceptors (Lipinski definition) is 0. The van der Waals surface area contributed by atoms with Gasteiger partial charge in [-0.15, -0.1) is 0 Å². The molecular formula is C60H44N2. The van der Waals surface area contributed by atoms with Gasteiger partial charge in [0.05, 0.1) is 22.1 Å². The zero-order valence-electron chi connectivity index (χ0n) is 35.1.